The van der Waals surface area contributed by atoms with E-state index in [1.54, 1.807) is 13.2 Å². The first kappa shape index (κ1) is 17.6. The Morgan fingerprint density at radius 3 is 2.86 bits per heavy atom. The number of hydrogen-bond donors (Lipinski definition) is 2. The third kappa shape index (κ3) is 4.79. The van der Waals surface area contributed by atoms with Crippen LogP contribution in [0.1, 0.15) is 19.8 Å². The molecule has 0 radical (unpaired) electrons. The number of piperidine rings is 1. The summed E-state index contributed by atoms with van der Waals surface area (Å²) in [5.74, 6) is 1.42. The summed E-state index contributed by atoms with van der Waals surface area (Å²) in [6.07, 6.45) is 1.98. The van der Waals surface area contributed by atoms with E-state index in [9.17, 15) is 4.79 Å². The van der Waals surface area contributed by atoms with Gasteiger partial charge in [-0.3, -0.25) is 4.79 Å². The van der Waals surface area contributed by atoms with Gasteiger partial charge >= 0.3 is 0 Å². The molecule has 118 valence electrons. The molecule has 1 aromatic rings. The minimum absolute atomic E-state index is 0. The van der Waals surface area contributed by atoms with Gasteiger partial charge in [-0.1, -0.05) is 0 Å². The van der Waals surface area contributed by atoms with E-state index < -0.39 is 0 Å². The molecule has 0 bridgehead atoms. The molecule has 1 heterocycles. The van der Waals surface area contributed by atoms with Crippen molar-refractivity contribution in [2.24, 2.45) is 5.92 Å². The monoisotopic (exact) mass is 314 g/mol. The molecule has 0 aliphatic carbocycles. The Balaban J connectivity index is 0.00000220. The first-order chi connectivity index (χ1) is 9.74. The second-order valence-electron chi connectivity index (χ2n) is 4.83. The number of hydrogen-bond acceptors (Lipinski definition) is 4. The van der Waals surface area contributed by atoms with Crippen molar-refractivity contribution in [1.29, 1.82) is 0 Å². The number of carbonyl (C=O) groups is 1. The van der Waals surface area contributed by atoms with Gasteiger partial charge in [0.05, 0.1) is 19.6 Å². The van der Waals surface area contributed by atoms with Crippen LogP contribution in [0, 0.1) is 5.92 Å². The van der Waals surface area contributed by atoms with Gasteiger partial charge in [0.1, 0.15) is 0 Å². The maximum atomic E-state index is 12.2. The summed E-state index contributed by atoms with van der Waals surface area (Å²) < 4.78 is 10.7. The van der Waals surface area contributed by atoms with Gasteiger partial charge in [-0.25, -0.2) is 0 Å². The Kier molecular flexibility index (Phi) is 7.32. The van der Waals surface area contributed by atoms with E-state index in [1.807, 2.05) is 19.1 Å². The Bertz CT molecular complexity index is 462. The fraction of sp³-hybridized carbons (Fsp3) is 0.533. The lowest BCUT2D eigenvalue weighted by Gasteiger charge is -2.22. The highest BCUT2D eigenvalue weighted by molar-refractivity contribution is 5.93. The molecule has 1 aromatic carbocycles. The zero-order valence-electron chi connectivity index (χ0n) is 12.5. The molecule has 6 heteroatoms. The number of halogens is 1. The van der Waals surface area contributed by atoms with Crippen LogP contribution in [-0.2, 0) is 4.79 Å². The molecular formula is C15H23ClN2O3. The molecule has 5 nitrogen and oxygen atoms in total. The van der Waals surface area contributed by atoms with Gasteiger partial charge in [0.25, 0.3) is 0 Å². The second kappa shape index (κ2) is 8.74. The van der Waals surface area contributed by atoms with E-state index in [2.05, 4.69) is 10.6 Å². The van der Waals surface area contributed by atoms with Crippen LogP contribution >= 0.6 is 12.4 Å². The van der Waals surface area contributed by atoms with Crippen molar-refractivity contribution in [2.45, 2.75) is 19.8 Å². The van der Waals surface area contributed by atoms with Crippen molar-refractivity contribution < 1.29 is 14.3 Å². The summed E-state index contributed by atoms with van der Waals surface area (Å²) in [5, 5.41) is 6.19. The molecule has 0 aromatic heterocycles. The highest BCUT2D eigenvalue weighted by Crippen LogP contribution is 2.30. The maximum Gasteiger partial charge on any atom is 0.228 e. The smallest absolute Gasteiger partial charge is 0.228 e. The number of rotatable bonds is 5. The highest BCUT2D eigenvalue weighted by atomic mass is 35.5. The van der Waals surface area contributed by atoms with E-state index in [1.165, 1.54) is 0 Å². The molecule has 0 unspecified atom stereocenters. The van der Waals surface area contributed by atoms with Crippen LogP contribution in [-0.4, -0.2) is 32.7 Å². The van der Waals surface area contributed by atoms with Crippen molar-refractivity contribution in [1.82, 2.24) is 5.32 Å². The van der Waals surface area contributed by atoms with Crippen molar-refractivity contribution in [3.63, 3.8) is 0 Å². The summed E-state index contributed by atoms with van der Waals surface area (Å²) in [6.45, 7) is 4.25. The summed E-state index contributed by atoms with van der Waals surface area (Å²) in [5.41, 5.74) is 0.737. The molecule has 1 amide bonds. The second-order valence-corrected chi connectivity index (χ2v) is 4.83. The van der Waals surface area contributed by atoms with Gasteiger partial charge < -0.3 is 20.1 Å². The summed E-state index contributed by atoms with van der Waals surface area (Å²) in [4.78, 5) is 12.2. The molecule has 2 N–H and O–H groups in total. The van der Waals surface area contributed by atoms with Crippen LogP contribution in [0.4, 0.5) is 5.69 Å². The van der Waals surface area contributed by atoms with Gasteiger partial charge in [0.2, 0.25) is 5.91 Å². The largest absolute Gasteiger partial charge is 0.493 e. The molecule has 1 saturated heterocycles. The van der Waals surface area contributed by atoms with Gasteiger partial charge in [0, 0.05) is 18.3 Å². The predicted octanol–water partition coefficient (Wildman–Crippen LogP) is 2.45. The standard InChI is InChI=1S/C15H22N2O3.ClH/c1-3-20-13-7-6-12(9-14(13)19-2)17-15(18)11-5-4-8-16-10-11;/h6-7,9,11,16H,3-5,8,10H2,1-2H3,(H,17,18);1H/t11-;/m1./s1. The van der Waals surface area contributed by atoms with Gasteiger partial charge in [-0.15, -0.1) is 12.4 Å². The zero-order valence-corrected chi connectivity index (χ0v) is 13.3. The summed E-state index contributed by atoms with van der Waals surface area (Å²) in [6, 6.07) is 5.44. The number of nitrogens with one attached hydrogen (secondary N) is 2. The fourth-order valence-corrected chi connectivity index (χ4v) is 2.34. The number of amides is 1. The molecular weight excluding hydrogens is 292 g/mol. The third-order valence-electron chi connectivity index (χ3n) is 3.40. The minimum Gasteiger partial charge on any atom is -0.493 e. The van der Waals surface area contributed by atoms with Gasteiger partial charge in [-0.05, 0) is 38.4 Å². The molecule has 1 atom stereocenters. The fourth-order valence-electron chi connectivity index (χ4n) is 2.34. The third-order valence-corrected chi connectivity index (χ3v) is 3.40. The zero-order chi connectivity index (χ0) is 14.4. The quantitative estimate of drug-likeness (QED) is 0.876. The molecule has 1 aliphatic heterocycles. The number of methoxy groups -OCH3 is 1. The molecule has 0 saturated carbocycles. The van der Waals surface area contributed by atoms with Crippen LogP contribution < -0.4 is 20.1 Å². The van der Waals surface area contributed by atoms with Gasteiger partial charge in [-0.2, -0.15) is 0 Å². The first-order valence-electron chi connectivity index (χ1n) is 7.07. The molecule has 1 fully saturated rings. The Morgan fingerprint density at radius 1 is 1.43 bits per heavy atom. The van der Waals surface area contributed by atoms with Gasteiger partial charge in [0.15, 0.2) is 11.5 Å². The summed E-state index contributed by atoms with van der Waals surface area (Å²) >= 11 is 0. The lowest BCUT2D eigenvalue weighted by Crippen LogP contribution is -2.37. The number of carbonyl (C=O) groups excluding carboxylic acids is 1. The Hall–Kier alpha value is -1.46. The molecule has 2 rings (SSSR count). The van der Waals surface area contributed by atoms with Crippen LogP contribution in [0.3, 0.4) is 0 Å². The maximum absolute atomic E-state index is 12.2. The number of anilines is 1. The molecule has 1 aliphatic rings. The van der Waals surface area contributed by atoms with E-state index in [0.717, 1.165) is 31.6 Å². The first-order valence-corrected chi connectivity index (χ1v) is 7.07. The average molecular weight is 315 g/mol. The van der Waals surface area contributed by atoms with E-state index >= 15 is 0 Å². The van der Waals surface area contributed by atoms with E-state index in [0.29, 0.717) is 18.1 Å². The van der Waals surface area contributed by atoms with Crippen molar-refractivity contribution >= 4 is 24.0 Å². The van der Waals surface area contributed by atoms with Crippen LogP contribution in [0.2, 0.25) is 0 Å². The van der Waals surface area contributed by atoms with Crippen LogP contribution in [0.25, 0.3) is 0 Å². The van der Waals surface area contributed by atoms with Crippen molar-refractivity contribution in [3.8, 4) is 11.5 Å². The topological polar surface area (TPSA) is 59.6 Å². The Morgan fingerprint density at radius 2 is 2.24 bits per heavy atom. The summed E-state index contributed by atoms with van der Waals surface area (Å²) in [7, 11) is 1.59. The number of ether oxygens (including phenoxy) is 2. The number of benzene rings is 1. The highest BCUT2D eigenvalue weighted by Gasteiger charge is 2.21. The normalized spacial score (nSPS) is 17.5. The predicted molar refractivity (Wildman–Crippen MR) is 85.6 cm³/mol. The van der Waals surface area contributed by atoms with Crippen LogP contribution in [0.5, 0.6) is 11.5 Å². The van der Waals surface area contributed by atoms with Crippen LogP contribution in [0.15, 0.2) is 18.2 Å². The SMILES string of the molecule is CCOc1ccc(NC(=O)[C@@H]2CCCNC2)cc1OC.Cl. The van der Waals surface area contributed by atoms with E-state index in [-0.39, 0.29) is 24.2 Å². The average Bonchev–Trinajstić information content (AvgIpc) is 2.50. The Labute approximate surface area is 131 Å². The van der Waals surface area contributed by atoms with E-state index in [4.69, 9.17) is 9.47 Å². The lowest BCUT2D eigenvalue weighted by atomic mass is 9.99. The molecule has 0 spiro atoms. The van der Waals surface area contributed by atoms with Crippen molar-refractivity contribution in [2.75, 3.05) is 32.1 Å². The van der Waals surface area contributed by atoms with Crippen molar-refractivity contribution in [3.05, 3.63) is 18.2 Å². The molecule has 21 heavy (non-hydrogen) atoms. The minimum atomic E-state index is 0. The lowest BCUT2D eigenvalue weighted by molar-refractivity contribution is -0.120.